The average molecular weight is 170 g/mol. The molecule has 0 nitrogen and oxygen atoms in total. The van der Waals surface area contributed by atoms with Gasteiger partial charge in [0.15, 0.2) is 0 Å². The Morgan fingerprint density at radius 2 is 1.77 bits per heavy atom. The maximum Gasteiger partial charge on any atom is 0.0131 e. The largest absolute Gasteiger partial charge is 0.102 e. The average Bonchev–Trinajstić information content (AvgIpc) is 2.95. The lowest BCUT2D eigenvalue weighted by molar-refractivity contribution is 0.811. The molecule has 1 aliphatic carbocycles. The molecule has 1 saturated carbocycles. The molecule has 1 aromatic carbocycles. The summed E-state index contributed by atoms with van der Waals surface area (Å²) in [5.74, 6) is 0.615. The van der Waals surface area contributed by atoms with Gasteiger partial charge >= 0.3 is 0 Å². The third-order valence-corrected chi connectivity index (χ3v) is 3.01. The Morgan fingerprint density at radius 3 is 2.23 bits per heavy atom. The van der Waals surface area contributed by atoms with Crippen molar-refractivity contribution in [2.24, 2.45) is 5.41 Å². The Balaban J connectivity index is 2.24. The topological polar surface area (TPSA) is 0 Å². The number of allylic oxidation sites excluding steroid dienone is 2. The zero-order chi connectivity index (χ0) is 9.31. The molecule has 0 radical (unpaired) electrons. The van der Waals surface area contributed by atoms with Gasteiger partial charge in [0.25, 0.3) is 0 Å². The highest BCUT2D eigenvalue weighted by Gasteiger charge is 2.49. The lowest BCUT2D eigenvalue weighted by Gasteiger charge is -2.05. The lowest BCUT2D eigenvalue weighted by Crippen LogP contribution is -1.92. The van der Waals surface area contributed by atoms with Crippen molar-refractivity contribution < 1.29 is 0 Å². The number of hydrogen-bond donors (Lipinski definition) is 0. The first-order valence-corrected chi connectivity index (χ1v) is 4.64. The van der Waals surface area contributed by atoms with Crippen molar-refractivity contribution in [3.8, 4) is 0 Å². The molecule has 1 aromatic rings. The second kappa shape index (κ2) is 2.88. The molecule has 0 heterocycles. The molecule has 0 aromatic heterocycles. The highest BCUT2D eigenvalue weighted by atomic mass is 14.5. The van der Waals surface area contributed by atoms with Crippen LogP contribution in [0.3, 0.4) is 0 Å². The second-order valence-corrected chi connectivity index (χ2v) is 3.69. The van der Waals surface area contributed by atoms with Crippen LogP contribution in [-0.2, 0) is 0 Å². The first kappa shape index (κ1) is 8.31. The standard InChI is InChI=1S/C13H14/c1-3-13(4-2)10-12(13)11-8-6-5-7-9-11/h3-9,12H,1-2,10H2. The fraction of sp³-hybridized carbons (Fsp3) is 0.231. The van der Waals surface area contributed by atoms with E-state index >= 15 is 0 Å². The molecule has 2 rings (SSSR count). The second-order valence-electron chi connectivity index (χ2n) is 3.69. The van der Waals surface area contributed by atoms with Crippen LogP contribution >= 0.6 is 0 Å². The van der Waals surface area contributed by atoms with E-state index in [1.165, 1.54) is 12.0 Å². The molecule has 0 amide bonds. The molecule has 1 fully saturated rings. The summed E-state index contributed by atoms with van der Waals surface area (Å²) in [6, 6.07) is 10.6. The summed E-state index contributed by atoms with van der Waals surface area (Å²) in [6.45, 7) is 7.74. The van der Waals surface area contributed by atoms with E-state index < -0.39 is 0 Å². The van der Waals surface area contributed by atoms with Gasteiger partial charge in [-0.1, -0.05) is 42.5 Å². The van der Waals surface area contributed by atoms with Crippen LogP contribution < -0.4 is 0 Å². The third-order valence-electron chi connectivity index (χ3n) is 3.01. The van der Waals surface area contributed by atoms with Crippen molar-refractivity contribution in [3.05, 3.63) is 61.2 Å². The summed E-state index contributed by atoms with van der Waals surface area (Å²) in [7, 11) is 0. The highest BCUT2D eigenvalue weighted by molar-refractivity contribution is 5.37. The molecule has 1 unspecified atom stereocenters. The Kier molecular flexibility index (Phi) is 1.84. The van der Waals surface area contributed by atoms with Crippen molar-refractivity contribution in [1.82, 2.24) is 0 Å². The van der Waals surface area contributed by atoms with E-state index in [9.17, 15) is 0 Å². The Hall–Kier alpha value is -1.30. The van der Waals surface area contributed by atoms with Crippen LogP contribution in [0.4, 0.5) is 0 Å². The third kappa shape index (κ3) is 1.23. The lowest BCUT2D eigenvalue weighted by atomic mass is 9.99. The first-order chi connectivity index (χ1) is 6.32. The Bertz CT molecular complexity index is 313. The van der Waals surface area contributed by atoms with Crippen LogP contribution in [0.1, 0.15) is 17.9 Å². The zero-order valence-electron chi connectivity index (χ0n) is 7.74. The van der Waals surface area contributed by atoms with Crippen LogP contribution in [0.15, 0.2) is 55.6 Å². The van der Waals surface area contributed by atoms with Gasteiger partial charge in [-0.15, -0.1) is 13.2 Å². The maximum atomic E-state index is 3.87. The van der Waals surface area contributed by atoms with Gasteiger partial charge in [0.05, 0.1) is 0 Å². The molecule has 0 aliphatic heterocycles. The van der Waals surface area contributed by atoms with Gasteiger partial charge in [-0.25, -0.2) is 0 Å². The van der Waals surface area contributed by atoms with Crippen molar-refractivity contribution in [1.29, 1.82) is 0 Å². The Morgan fingerprint density at radius 1 is 1.15 bits per heavy atom. The highest BCUT2D eigenvalue weighted by Crippen LogP contribution is 2.60. The quantitative estimate of drug-likeness (QED) is 0.609. The van der Waals surface area contributed by atoms with Gasteiger partial charge in [0.2, 0.25) is 0 Å². The van der Waals surface area contributed by atoms with E-state index in [1.54, 1.807) is 0 Å². The summed E-state index contributed by atoms with van der Waals surface area (Å²) >= 11 is 0. The smallest absolute Gasteiger partial charge is 0.0131 e. The van der Waals surface area contributed by atoms with Gasteiger partial charge < -0.3 is 0 Å². The van der Waals surface area contributed by atoms with Gasteiger partial charge in [-0.2, -0.15) is 0 Å². The molecule has 66 valence electrons. The van der Waals surface area contributed by atoms with E-state index in [-0.39, 0.29) is 5.41 Å². The van der Waals surface area contributed by atoms with Crippen molar-refractivity contribution >= 4 is 0 Å². The van der Waals surface area contributed by atoms with Gasteiger partial charge in [-0.3, -0.25) is 0 Å². The molecule has 1 aliphatic rings. The molecular weight excluding hydrogens is 156 g/mol. The van der Waals surface area contributed by atoms with Gasteiger partial charge in [-0.05, 0) is 17.9 Å². The predicted octanol–water partition coefficient (Wildman–Crippen LogP) is 3.53. The molecule has 1 atom stereocenters. The molecule has 0 saturated heterocycles. The predicted molar refractivity (Wildman–Crippen MR) is 56.6 cm³/mol. The maximum absolute atomic E-state index is 3.87. The van der Waals surface area contributed by atoms with Crippen LogP contribution in [0.5, 0.6) is 0 Å². The molecular formula is C13H14. The zero-order valence-corrected chi connectivity index (χ0v) is 7.74. The van der Waals surface area contributed by atoms with E-state index in [0.29, 0.717) is 5.92 Å². The normalized spacial score (nSPS) is 23.5. The minimum Gasteiger partial charge on any atom is -0.102 e. The summed E-state index contributed by atoms with van der Waals surface area (Å²) in [6.07, 6.45) is 5.22. The van der Waals surface area contributed by atoms with Gasteiger partial charge in [0, 0.05) is 5.41 Å². The van der Waals surface area contributed by atoms with Crippen molar-refractivity contribution in [2.45, 2.75) is 12.3 Å². The van der Waals surface area contributed by atoms with E-state index in [2.05, 4.69) is 43.5 Å². The van der Waals surface area contributed by atoms with Crippen LogP contribution in [0, 0.1) is 5.41 Å². The SMILES string of the molecule is C=CC1(C=C)CC1c1ccccc1. The minimum atomic E-state index is 0.182. The monoisotopic (exact) mass is 170 g/mol. The molecule has 13 heavy (non-hydrogen) atoms. The van der Waals surface area contributed by atoms with Crippen LogP contribution in [0.2, 0.25) is 0 Å². The number of hydrogen-bond acceptors (Lipinski definition) is 0. The molecule has 0 N–H and O–H groups in total. The fourth-order valence-corrected chi connectivity index (χ4v) is 1.94. The minimum absolute atomic E-state index is 0.182. The van der Waals surface area contributed by atoms with Crippen molar-refractivity contribution in [3.63, 3.8) is 0 Å². The summed E-state index contributed by atoms with van der Waals surface area (Å²) in [5, 5.41) is 0. The van der Waals surface area contributed by atoms with Crippen LogP contribution in [0.25, 0.3) is 0 Å². The fourth-order valence-electron chi connectivity index (χ4n) is 1.94. The van der Waals surface area contributed by atoms with Crippen molar-refractivity contribution in [2.75, 3.05) is 0 Å². The molecule has 0 spiro atoms. The van der Waals surface area contributed by atoms with Gasteiger partial charge in [0.1, 0.15) is 0 Å². The summed E-state index contributed by atoms with van der Waals surface area (Å²) in [5.41, 5.74) is 1.59. The molecule has 0 heteroatoms. The number of rotatable bonds is 3. The first-order valence-electron chi connectivity index (χ1n) is 4.64. The van der Waals surface area contributed by atoms with E-state index in [0.717, 1.165) is 0 Å². The van der Waals surface area contributed by atoms with E-state index in [4.69, 9.17) is 0 Å². The van der Waals surface area contributed by atoms with E-state index in [1.807, 2.05) is 12.2 Å². The molecule has 0 bridgehead atoms. The summed E-state index contributed by atoms with van der Waals surface area (Å²) < 4.78 is 0. The number of benzene rings is 1. The van der Waals surface area contributed by atoms with Crippen LogP contribution in [-0.4, -0.2) is 0 Å². The Labute approximate surface area is 79.6 Å². The summed E-state index contributed by atoms with van der Waals surface area (Å²) in [4.78, 5) is 0.